The van der Waals surface area contributed by atoms with Gasteiger partial charge in [-0.3, -0.25) is 9.69 Å². The third-order valence-corrected chi connectivity index (χ3v) is 7.50. The summed E-state index contributed by atoms with van der Waals surface area (Å²) in [5, 5.41) is 9.67. The molecule has 1 saturated carbocycles. The molecule has 1 aliphatic carbocycles. The molecule has 7 heteroatoms. The zero-order valence-electron chi connectivity index (χ0n) is 19.1. The average Bonchev–Trinajstić information content (AvgIpc) is 3.63. The van der Waals surface area contributed by atoms with E-state index in [0.717, 1.165) is 50.2 Å². The highest BCUT2D eigenvalue weighted by atomic mass is 32.2. The van der Waals surface area contributed by atoms with Gasteiger partial charge >= 0.3 is 0 Å². The second kappa shape index (κ2) is 10.1. The van der Waals surface area contributed by atoms with E-state index in [1.165, 1.54) is 24.0 Å². The summed E-state index contributed by atoms with van der Waals surface area (Å²) < 4.78 is 2.22. The zero-order chi connectivity index (χ0) is 22.6. The maximum absolute atomic E-state index is 13.2. The van der Waals surface area contributed by atoms with Crippen molar-refractivity contribution >= 4 is 17.7 Å². The van der Waals surface area contributed by atoms with Crippen molar-refractivity contribution in [3.8, 4) is 0 Å². The second-order valence-corrected chi connectivity index (χ2v) is 10.3. The third kappa shape index (κ3) is 5.47. The van der Waals surface area contributed by atoms with E-state index in [-0.39, 0.29) is 11.2 Å². The van der Waals surface area contributed by atoms with Crippen LogP contribution in [0.4, 0.5) is 0 Å². The van der Waals surface area contributed by atoms with Crippen LogP contribution in [0.3, 0.4) is 0 Å². The highest BCUT2D eigenvalue weighted by molar-refractivity contribution is 8.00. The minimum Gasteiger partial charge on any atom is -0.339 e. The molecular formula is C26H31N5OS. The van der Waals surface area contributed by atoms with E-state index < -0.39 is 0 Å². The normalized spacial score (nSPS) is 17.8. The molecule has 0 radical (unpaired) electrons. The average molecular weight is 462 g/mol. The number of piperazine rings is 1. The van der Waals surface area contributed by atoms with Gasteiger partial charge in [0.15, 0.2) is 5.16 Å². The van der Waals surface area contributed by atoms with Crippen LogP contribution in [0.1, 0.15) is 42.6 Å². The molecule has 2 fully saturated rings. The smallest absolute Gasteiger partial charge is 0.235 e. The van der Waals surface area contributed by atoms with Crippen LogP contribution < -0.4 is 0 Å². The topological polar surface area (TPSA) is 54.3 Å². The third-order valence-electron chi connectivity index (χ3n) is 6.43. The molecule has 1 aliphatic heterocycles. The van der Waals surface area contributed by atoms with Gasteiger partial charge in [0.2, 0.25) is 5.91 Å². The Hall–Kier alpha value is -2.64. The number of hydrogen-bond acceptors (Lipinski definition) is 5. The summed E-state index contributed by atoms with van der Waals surface area (Å²) in [5.74, 6) is 1.77. The molecule has 5 rings (SSSR count). The van der Waals surface area contributed by atoms with E-state index in [1.807, 2.05) is 24.0 Å². The number of hydrogen-bond donors (Lipinski definition) is 0. The van der Waals surface area contributed by atoms with Crippen molar-refractivity contribution in [3.05, 3.63) is 77.6 Å². The maximum atomic E-state index is 13.2. The Balaban J connectivity index is 1.20. The predicted molar refractivity (Wildman–Crippen MR) is 131 cm³/mol. The van der Waals surface area contributed by atoms with Gasteiger partial charge in [0.1, 0.15) is 5.82 Å². The summed E-state index contributed by atoms with van der Waals surface area (Å²) in [6.07, 6.45) is 2.36. The van der Waals surface area contributed by atoms with Crippen LogP contribution >= 0.6 is 11.8 Å². The number of carbonyl (C=O) groups is 1. The van der Waals surface area contributed by atoms with Crippen molar-refractivity contribution in [3.63, 3.8) is 0 Å². The summed E-state index contributed by atoms with van der Waals surface area (Å²) >= 11 is 1.55. The van der Waals surface area contributed by atoms with Crippen LogP contribution in [0.15, 0.2) is 65.8 Å². The molecule has 1 atom stereocenters. The molecule has 0 spiro atoms. The first-order chi connectivity index (χ1) is 16.2. The van der Waals surface area contributed by atoms with E-state index in [2.05, 4.69) is 68.2 Å². The number of carbonyl (C=O) groups excluding carboxylic acids is 1. The molecule has 0 N–H and O–H groups in total. The summed E-state index contributed by atoms with van der Waals surface area (Å²) in [6.45, 7) is 7.08. The van der Waals surface area contributed by atoms with Crippen molar-refractivity contribution in [2.75, 3.05) is 26.2 Å². The maximum Gasteiger partial charge on any atom is 0.235 e. The summed E-state index contributed by atoms with van der Waals surface area (Å²) in [7, 11) is 0. The first-order valence-electron chi connectivity index (χ1n) is 11.9. The molecule has 2 aliphatic rings. The summed E-state index contributed by atoms with van der Waals surface area (Å²) in [5.41, 5.74) is 2.56. The van der Waals surface area contributed by atoms with Crippen LogP contribution in [0.25, 0.3) is 0 Å². The van der Waals surface area contributed by atoms with Gasteiger partial charge in [-0.2, -0.15) is 0 Å². The van der Waals surface area contributed by atoms with Crippen LogP contribution in [0.5, 0.6) is 0 Å². The Morgan fingerprint density at radius 3 is 2.12 bits per heavy atom. The van der Waals surface area contributed by atoms with Crippen LogP contribution in [-0.4, -0.2) is 61.9 Å². The fourth-order valence-corrected chi connectivity index (χ4v) is 5.32. The number of aromatic nitrogens is 3. The number of amides is 1. The van der Waals surface area contributed by atoms with Gasteiger partial charge in [0.05, 0.1) is 11.8 Å². The van der Waals surface area contributed by atoms with Crippen molar-refractivity contribution in [2.24, 2.45) is 0 Å². The Bertz CT molecular complexity index is 1060. The SMILES string of the molecule is C[C@@H](Sc1nnc(C2CC2)n1Cc1ccccc1)C(=O)N1CCN(Cc2ccccc2)CC1. The van der Waals surface area contributed by atoms with Gasteiger partial charge in [0, 0.05) is 38.6 Å². The molecule has 33 heavy (non-hydrogen) atoms. The first-order valence-corrected chi connectivity index (χ1v) is 12.7. The molecule has 3 aromatic rings. The van der Waals surface area contributed by atoms with Gasteiger partial charge in [-0.05, 0) is 30.9 Å². The lowest BCUT2D eigenvalue weighted by atomic mass is 10.2. The molecule has 2 heterocycles. The van der Waals surface area contributed by atoms with Gasteiger partial charge in [-0.1, -0.05) is 72.4 Å². The molecule has 0 unspecified atom stereocenters. The Labute approximate surface area is 200 Å². The fraction of sp³-hybridized carbons (Fsp3) is 0.423. The number of nitrogens with zero attached hydrogens (tertiary/aromatic N) is 5. The standard InChI is InChI=1S/C26H31N5OS/c1-20(25(32)30-16-14-29(15-17-30)18-21-8-4-2-5-9-21)33-26-28-27-24(23-12-13-23)31(26)19-22-10-6-3-7-11-22/h2-11,20,23H,12-19H2,1H3/t20-/m1/s1. The van der Waals surface area contributed by atoms with E-state index in [0.29, 0.717) is 5.92 Å². The lowest BCUT2D eigenvalue weighted by Crippen LogP contribution is -2.50. The lowest BCUT2D eigenvalue weighted by Gasteiger charge is -2.35. The molecule has 1 amide bonds. The van der Waals surface area contributed by atoms with Gasteiger partial charge < -0.3 is 9.47 Å². The number of rotatable bonds is 8. The van der Waals surface area contributed by atoms with Crippen LogP contribution in [-0.2, 0) is 17.9 Å². The summed E-state index contributed by atoms with van der Waals surface area (Å²) in [6, 6.07) is 21.0. The molecule has 6 nitrogen and oxygen atoms in total. The highest BCUT2D eigenvalue weighted by Gasteiger charge is 2.32. The first kappa shape index (κ1) is 22.2. The van der Waals surface area contributed by atoms with Gasteiger partial charge in [0.25, 0.3) is 0 Å². The van der Waals surface area contributed by atoms with Crippen molar-refractivity contribution in [2.45, 2.75) is 49.2 Å². The molecule has 172 valence electrons. The van der Waals surface area contributed by atoms with E-state index in [1.54, 1.807) is 11.8 Å². The second-order valence-electron chi connectivity index (χ2n) is 9.03. The molecule has 1 aromatic heterocycles. The van der Waals surface area contributed by atoms with Gasteiger partial charge in [-0.15, -0.1) is 10.2 Å². The molecule has 0 bridgehead atoms. The number of thioether (sulfide) groups is 1. The molecule has 1 saturated heterocycles. The summed E-state index contributed by atoms with van der Waals surface area (Å²) in [4.78, 5) is 17.7. The Kier molecular flexibility index (Phi) is 6.78. The zero-order valence-corrected chi connectivity index (χ0v) is 20.0. The van der Waals surface area contributed by atoms with Gasteiger partial charge in [-0.25, -0.2) is 0 Å². The molecule has 2 aromatic carbocycles. The van der Waals surface area contributed by atoms with Crippen molar-refractivity contribution in [1.29, 1.82) is 0 Å². The Morgan fingerprint density at radius 2 is 1.52 bits per heavy atom. The molecular weight excluding hydrogens is 430 g/mol. The van der Waals surface area contributed by atoms with E-state index in [9.17, 15) is 4.79 Å². The fourth-order valence-electron chi connectivity index (χ4n) is 4.38. The predicted octanol–water partition coefficient (Wildman–Crippen LogP) is 4.03. The van der Waals surface area contributed by atoms with Crippen molar-refractivity contribution < 1.29 is 4.79 Å². The van der Waals surface area contributed by atoms with Crippen molar-refractivity contribution in [1.82, 2.24) is 24.6 Å². The van der Waals surface area contributed by atoms with E-state index in [4.69, 9.17) is 0 Å². The van der Waals surface area contributed by atoms with Crippen LogP contribution in [0, 0.1) is 0 Å². The largest absolute Gasteiger partial charge is 0.339 e. The quantitative estimate of drug-likeness (QED) is 0.474. The Morgan fingerprint density at radius 1 is 0.909 bits per heavy atom. The minimum atomic E-state index is -0.184. The van der Waals surface area contributed by atoms with Crippen LogP contribution in [0.2, 0.25) is 0 Å². The highest BCUT2D eigenvalue weighted by Crippen LogP contribution is 2.40. The number of benzene rings is 2. The minimum absolute atomic E-state index is 0.184. The lowest BCUT2D eigenvalue weighted by molar-refractivity contribution is -0.132. The van der Waals surface area contributed by atoms with E-state index >= 15 is 0 Å². The monoisotopic (exact) mass is 461 g/mol.